The molecule has 0 aliphatic rings. The van der Waals surface area contributed by atoms with Crippen molar-refractivity contribution in [1.29, 1.82) is 0 Å². The number of aliphatic hydroxyl groups is 1. The first-order valence-corrected chi connectivity index (χ1v) is 9.19. The quantitative estimate of drug-likeness (QED) is 0.658. The topological polar surface area (TPSA) is 37.3 Å². The molecule has 2 nitrogen and oxygen atoms in total. The lowest BCUT2D eigenvalue weighted by atomic mass is 9.81. The van der Waals surface area contributed by atoms with Gasteiger partial charge in [-0.1, -0.05) is 84.0 Å². The van der Waals surface area contributed by atoms with Crippen LogP contribution in [0, 0.1) is 0 Å². The molecule has 0 aliphatic carbocycles. The molecule has 1 atom stereocenters. The lowest BCUT2D eigenvalue weighted by Gasteiger charge is -2.25. The van der Waals surface area contributed by atoms with E-state index in [-0.39, 0.29) is 17.6 Å². The van der Waals surface area contributed by atoms with Crippen molar-refractivity contribution in [2.45, 2.75) is 65.4 Å². The second-order valence-corrected chi connectivity index (χ2v) is 7.71. The zero-order valence-corrected chi connectivity index (χ0v) is 16.2. The van der Waals surface area contributed by atoms with Crippen LogP contribution in [0.25, 0.3) is 0 Å². The van der Waals surface area contributed by atoms with Crippen LogP contribution in [0.4, 0.5) is 0 Å². The number of Topliss-reactive ketones (excluding diaryl/α,β-unsaturated/α-hetero) is 1. The molecule has 2 aromatic carbocycles. The summed E-state index contributed by atoms with van der Waals surface area (Å²) in [6.45, 7) is 12.8. The fourth-order valence-electron chi connectivity index (χ4n) is 3.22. The number of hydrogen-bond donors (Lipinski definition) is 1. The molecule has 0 fully saturated rings. The summed E-state index contributed by atoms with van der Waals surface area (Å²) < 4.78 is 0. The van der Waals surface area contributed by atoms with E-state index < -0.39 is 6.10 Å². The number of hydrogen-bond acceptors (Lipinski definition) is 2. The Bertz CT molecular complexity index is 698. The van der Waals surface area contributed by atoms with Crippen molar-refractivity contribution in [1.82, 2.24) is 0 Å². The van der Waals surface area contributed by atoms with Crippen LogP contribution >= 0.6 is 0 Å². The van der Waals surface area contributed by atoms with E-state index in [1.165, 1.54) is 5.56 Å². The molecule has 1 unspecified atom stereocenters. The highest BCUT2D eigenvalue weighted by Gasteiger charge is 2.27. The third-order valence-electron chi connectivity index (χ3n) is 4.76. The summed E-state index contributed by atoms with van der Waals surface area (Å²) in [5, 5.41) is 11.0. The minimum Gasteiger partial charge on any atom is -0.380 e. The molecular formula is C23H30O2. The van der Waals surface area contributed by atoms with Crippen molar-refractivity contribution in [3.63, 3.8) is 0 Å². The van der Waals surface area contributed by atoms with Crippen LogP contribution in [0.15, 0.2) is 42.5 Å². The molecular weight excluding hydrogens is 308 g/mol. The van der Waals surface area contributed by atoms with E-state index in [1.807, 2.05) is 18.2 Å². The van der Waals surface area contributed by atoms with E-state index in [1.54, 1.807) is 12.1 Å². The molecule has 25 heavy (non-hydrogen) atoms. The average Bonchev–Trinajstić information content (AvgIpc) is 2.59. The Labute approximate surface area is 151 Å². The number of carbonyl (C=O) groups excluding carboxylic acids is 1. The highest BCUT2D eigenvalue weighted by atomic mass is 16.3. The van der Waals surface area contributed by atoms with Crippen molar-refractivity contribution in [2.75, 3.05) is 0 Å². The van der Waals surface area contributed by atoms with Gasteiger partial charge in [0.05, 0.1) is 0 Å². The van der Waals surface area contributed by atoms with E-state index in [0.717, 1.165) is 16.7 Å². The van der Waals surface area contributed by atoms with Gasteiger partial charge in [-0.05, 0) is 40.0 Å². The van der Waals surface area contributed by atoms with Crippen LogP contribution in [0.5, 0.6) is 0 Å². The molecule has 0 heterocycles. The summed E-state index contributed by atoms with van der Waals surface area (Å²) in [7, 11) is 0. The standard InChI is InChI=1S/C23H30O2/c1-14(2)18-12-19(15(3)4)21(20(13-18)16(5)6)23(25)22(24)17-10-8-7-9-11-17/h7-16,23,25H,1-6H3. The van der Waals surface area contributed by atoms with Gasteiger partial charge in [-0.15, -0.1) is 0 Å². The van der Waals surface area contributed by atoms with Crippen molar-refractivity contribution in [2.24, 2.45) is 0 Å². The molecule has 0 spiro atoms. The van der Waals surface area contributed by atoms with E-state index in [4.69, 9.17) is 0 Å². The Balaban J connectivity index is 2.63. The monoisotopic (exact) mass is 338 g/mol. The van der Waals surface area contributed by atoms with Gasteiger partial charge >= 0.3 is 0 Å². The molecule has 0 aromatic heterocycles. The van der Waals surface area contributed by atoms with E-state index in [2.05, 4.69) is 53.7 Å². The molecule has 0 radical (unpaired) electrons. The van der Waals surface area contributed by atoms with Crippen molar-refractivity contribution >= 4 is 5.78 Å². The van der Waals surface area contributed by atoms with Crippen molar-refractivity contribution in [3.8, 4) is 0 Å². The molecule has 1 N–H and O–H groups in total. The SMILES string of the molecule is CC(C)c1cc(C(C)C)c(C(O)C(=O)c2ccccc2)c(C(C)C)c1. The van der Waals surface area contributed by atoms with Gasteiger partial charge in [0.2, 0.25) is 0 Å². The summed E-state index contributed by atoms with van der Waals surface area (Å²) in [6.07, 6.45) is -1.13. The van der Waals surface area contributed by atoms with Crippen LogP contribution < -0.4 is 0 Å². The van der Waals surface area contributed by atoms with E-state index in [9.17, 15) is 9.90 Å². The Hall–Kier alpha value is -1.93. The average molecular weight is 338 g/mol. The Morgan fingerprint density at radius 2 is 1.28 bits per heavy atom. The zero-order valence-electron chi connectivity index (χ0n) is 16.2. The van der Waals surface area contributed by atoms with Crippen LogP contribution in [0.3, 0.4) is 0 Å². The first-order valence-electron chi connectivity index (χ1n) is 9.19. The van der Waals surface area contributed by atoms with Gasteiger partial charge in [-0.25, -0.2) is 0 Å². The molecule has 2 rings (SSSR count). The van der Waals surface area contributed by atoms with E-state index >= 15 is 0 Å². The molecule has 0 amide bonds. The predicted molar refractivity (Wildman–Crippen MR) is 104 cm³/mol. The number of carbonyl (C=O) groups is 1. The lowest BCUT2D eigenvalue weighted by Crippen LogP contribution is -2.18. The minimum absolute atomic E-state index is 0.235. The van der Waals surface area contributed by atoms with Gasteiger partial charge in [0.1, 0.15) is 6.10 Å². The smallest absolute Gasteiger partial charge is 0.195 e. The second kappa shape index (κ2) is 7.97. The van der Waals surface area contributed by atoms with Gasteiger partial charge in [0.25, 0.3) is 0 Å². The first-order chi connectivity index (χ1) is 11.7. The van der Waals surface area contributed by atoms with Crippen LogP contribution in [0.2, 0.25) is 0 Å². The summed E-state index contributed by atoms with van der Waals surface area (Å²) in [5.74, 6) is 0.654. The van der Waals surface area contributed by atoms with E-state index in [0.29, 0.717) is 11.5 Å². The zero-order chi connectivity index (χ0) is 18.7. The molecule has 0 aliphatic heterocycles. The fourth-order valence-corrected chi connectivity index (χ4v) is 3.22. The highest BCUT2D eigenvalue weighted by molar-refractivity contribution is 6.00. The molecule has 2 aromatic rings. The molecule has 134 valence electrons. The van der Waals surface area contributed by atoms with Crippen LogP contribution in [-0.2, 0) is 0 Å². The molecule has 0 saturated carbocycles. The number of benzene rings is 2. The maximum Gasteiger partial charge on any atom is 0.195 e. The minimum atomic E-state index is -1.13. The number of ketones is 1. The maximum atomic E-state index is 12.9. The fraction of sp³-hybridized carbons (Fsp3) is 0.435. The van der Waals surface area contributed by atoms with Crippen molar-refractivity contribution in [3.05, 3.63) is 70.3 Å². The summed E-state index contributed by atoms with van der Waals surface area (Å²) in [5.41, 5.74) is 4.75. The van der Waals surface area contributed by atoms with Crippen LogP contribution in [0.1, 0.15) is 98.0 Å². The maximum absolute atomic E-state index is 12.9. The Morgan fingerprint density at radius 3 is 1.68 bits per heavy atom. The summed E-state index contributed by atoms with van der Waals surface area (Å²) >= 11 is 0. The third kappa shape index (κ3) is 4.19. The normalized spacial score (nSPS) is 12.9. The first kappa shape index (κ1) is 19.4. The Morgan fingerprint density at radius 1 is 0.800 bits per heavy atom. The van der Waals surface area contributed by atoms with Crippen LogP contribution in [-0.4, -0.2) is 10.9 Å². The second-order valence-electron chi connectivity index (χ2n) is 7.71. The van der Waals surface area contributed by atoms with Crippen molar-refractivity contribution < 1.29 is 9.90 Å². The molecule has 0 bridgehead atoms. The third-order valence-corrected chi connectivity index (χ3v) is 4.76. The van der Waals surface area contributed by atoms with Gasteiger partial charge in [0, 0.05) is 5.56 Å². The summed E-state index contributed by atoms with van der Waals surface area (Å²) in [6, 6.07) is 13.4. The summed E-state index contributed by atoms with van der Waals surface area (Å²) in [4.78, 5) is 12.9. The lowest BCUT2D eigenvalue weighted by molar-refractivity contribution is 0.0743. The van der Waals surface area contributed by atoms with Gasteiger partial charge in [-0.2, -0.15) is 0 Å². The Kier molecular flexibility index (Phi) is 6.18. The van der Waals surface area contributed by atoms with Gasteiger partial charge in [0.15, 0.2) is 5.78 Å². The largest absolute Gasteiger partial charge is 0.380 e. The van der Waals surface area contributed by atoms with Gasteiger partial charge < -0.3 is 5.11 Å². The number of rotatable bonds is 6. The molecule has 2 heteroatoms. The highest BCUT2D eigenvalue weighted by Crippen LogP contribution is 2.36. The van der Waals surface area contributed by atoms with Gasteiger partial charge in [-0.3, -0.25) is 4.79 Å². The molecule has 0 saturated heterocycles. The number of aliphatic hydroxyl groups excluding tert-OH is 1. The predicted octanol–water partition coefficient (Wildman–Crippen LogP) is 5.97.